The highest BCUT2D eigenvalue weighted by atomic mass is 32.2. The van der Waals surface area contributed by atoms with E-state index in [4.69, 9.17) is 19.2 Å². The Labute approximate surface area is 313 Å². The van der Waals surface area contributed by atoms with Crippen molar-refractivity contribution in [3.8, 4) is 28.5 Å². The molecule has 1 N–H and O–H groups in total. The Morgan fingerprint density at radius 1 is 0.870 bits per heavy atom. The number of carbonyl (C=O) groups is 1. The number of pyridine rings is 1. The maximum Gasteiger partial charge on any atom is 0.422 e. The van der Waals surface area contributed by atoms with Gasteiger partial charge in [-0.2, -0.15) is 17.5 Å². The second kappa shape index (κ2) is 16.7. The van der Waals surface area contributed by atoms with Crippen molar-refractivity contribution in [3.63, 3.8) is 0 Å². The number of anilines is 1. The number of nitrogens with one attached hydrogen (secondary N) is 1. The van der Waals surface area contributed by atoms with Gasteiger partial charge in [-0.05, 0) is 98.2 Å². The molecule has 2 aliphatic heterocycles. The molecule has 0 spiro atoms. The molecule has 2 aliphatic rings. The zero-order valence-electron chi connectivity index (χ0n) is 30.4. The molecule has 288 valence electrons. The second-order valence-corrected chi connectivity index (χ2v) is 15.9. The summed E-state index contributed by atoms with van der Waals surface area (Å²) in [6.45, 7) is 0.814. The van der Waals surface area contributed by atoms with E-state index in [1.807, 2.05) is 36.2 Å². The van der Waals surface area contributed by atoms with Gasteiger partial charge >= 0.3 is 6.18 Å². The predicted molar refractivity (Wildman–Crippen MR) is 199 cm³/mol. The molecule has 11 nitrogen and oxygen atoms in total. The largest absolute Gasteiger partial charge is 0.497 e. The van der Waals surface area contributed by atoms with Crippen LogP contribution in [0.1, 0.15) is 34.3 Å². The van der Waals surface area contributed by atoms with Crippen LogP contribution in [0.25, 0.3) is 11.3 Å². The number of hydrogen-bond acceptors (Lipinski definition) is 9. The topological polar surface area (TPSA) is 114 Å². The number of sulfonamides is 1. The van der Waals surface area contributed by atoms with E-state index >= 15 is 0 Å². The van der Waals surface area contributed by atoms with Crippen LogP contribution < -0.4 is 24.4 Å². The highest BCUT2D eigenvalue weighted by molar-refractivity contribution is 7.89. The number of piperidine rings is 1. The van der Waals surface area contributed by atoms with Gasteiger partial charge in [-0.15, -0.1) is 0 Å². The van der Waals surface area contributed by atoms with Gasteiger partial charge < -0.3 is 29.3 Å². The van der Waals surface area contributed by atoms with Gasteiger partial charge in [-0.25, -0.2) is 13.4 Å². The average Bonchev–Trinajstić information content (AvgIpc) is 3.13. The number of benzene rings is 3. The number of likely N-dealkylation sites (N-methyl/N-ethyl adjacent to an activating group) is 1. The first-order valence-corrected chi connectivity index (χ1v) is 19.1. The lowest BCUT2D eigenvalue weighted by atomic mass is 10.0. The van der Waals surface area contributed by atoms with Crippen LogP contribution in [0.5, 0.6) is 17.2 Å². The Bertz CT molecular complexity index is 1940. The molecule has 1 aromatic heterocycles. The van der Waals surface area contributed by atoms with E-state index < -0.39 is 28.1 Å². The molecule has 1 atom stereocenters. The number of rotatable bonds is 14. The molecule has 2 saturated heterocycles. The Kier molecular flexibility index (Phi) is 12.0. The van der Waals surface area contributed by atoms with Crippen LogP contribution in [0, 0.1) is 0 Å². The monoisotopic (exact) mass is 767 g/mol. The normalized spacial score (nSPS) is 16.9. The summed E-state index contributed by atoms with van der Waals surface area (Å²) in [7, 11) is 1.30. The minimum atomic E-state index is -4.48. The van der Waals surface area contributed by atoms with Gasteiger partial charge in [0.25, 0.3) is 5.91 Å². The molecule has 4 aromatic rings. The average molecular weight is 768 g/mol. The number of hydrogen-bond donors (Lipinski definition) is 1. The Morgan fingerprint density at radius 3 is 1.98 bits per heavy atom. The van der Waals surface area contributed by atoms with Gasteiger partial charge in [0.2, 0.25) is 10.0 Å². The van der Waals surface area contributed by atoms with Crippen molar-refractivity contribution in [1.29, 1.82) is 0 Å². The third-order valence-corrected chi connectivity index (χ3v) is 11.7. The highest BCUT2D eigenvalue weighted by Gasteiger charge is 2.42. The van der Waals surface area contributed by atoms with Crippen molar-refractivity contribution in [2.24, 2.45) is 0 Å². The summed E-state index contributed by atoms with van der Waals surface area (Å²) in [5.41, 5.74) is 2.90. The fourth-order valence-corrected chi connectivity index (χ4v) is 8.34. The molecular weight excluding hydrogens is 724 g/mol. The molecule has 2 fully saturated rings. The van der Waals surface area contributed by atoms with Gasteiger partial charge in [-0.1, -0.05) is 24.3 Å². The molecule has 6 rings (SSSR count). The Morgan fingerprint density at radius 2 is 1.44 bits per heavy atom. The SMILES string of the molecule is COc1ccc(CN(Cc2ccc(OC)cc2)S(=O)(=O)C2CN(c3cc(C(=O)N[C@H]4CCCN(C)C4)cc(-c4ccc(OCC(F)(F)F)cc4)n3)C2)cc1. The van der Waals surface area contributed by atoms with Crippen molar-refractivity contribution in [2.45, 2.75) is 43.4 Å². The van der Waals surface area contributed by atoms with Crippen LogP contribution in [0.15, 0.2) is 84.9 Å². The third kappa shape index (κ3) is 9.81. The molecule has 15 heteroatoms. The minimum Gasteiger partial charge on any atom is -0.497 e. The lowest BCUT2D eigenvalue weighted by molar-refractivity contribution is -0.153. The van der Waals surface area contributed by atoms with E-state index in [-0.39, 0.29) is 43.9 Å². The molecule has 0 aliphatic carbocycles. The first kappa shape index (κ1) is 38.9. The number of methoxy groups -OCH3 is 2. The molecule has 0 unspecified atom stereocenters. The molecule has 1 amide bonds. The van der Waals surface area contributed by atoms with Crippen molar-refractivity contribution >= 4 is 21.7 Å². The lowest BCUT2D eigenvalue weighted by Gasteiger charge is -2.42. The number of aromatic nitrogens is 1. The molecule has 0 saturated carbocycles. The summed E-state index contributed by atoms with van der Waals surface area (Å²) in [6, 6.07) is 23.8. The van der Waals surface area contributed by atoms with Crippen LogP contribution in [0.4, 0.5) is 19.0 Å². The minimum absolute atomic E-state index is 0.0382. The fraction of sp³-hybridized carbons (Fsp3) is 0.385. The zero-order chi connectivity index (χ0) is 38.5. The second-order valence-electron chi connectivity index (χ2n) is 13.6. The summed E-state index contributed by atoms with van der Waals surface area (Å²) >= 11 is 0. The molecule has 0 bridgehead atoms. The van der Waals surface area contributed by atoms with Crippen molar-refractivity contribution in [1.82, 2.24) is 19.5 Å². The van der Waals surface area contributed by atoms with E-state index in [1.165, 1.54) is 16.4 Å². The maximum absolute atomic E-state index is 14.3. The van der Waals surface area contributed by atoms with Crippen LogP contribution in [-0.4, -0.2) is 100 Å². The standard InChI is InChI=1S/C39H44F3N5O6S/c1-45-18-4-5-31(23-45)43-38(48)30-19-36(29-10-16-34(17-11-29)53-26-39(40,41)42)44-37(20-30)46-24-35(25-46)54(49,50)47(21-27-6-12-32(51-2)13-7-27)22-28-8-14-33(52-3)15-9-28/h6-17,19-20,31,35H,4-5,18,21-26H2,1-3H3,(H,43,48)/t31-/m0/s1. The van der Waals surface area contributed by atoms with Gasteiger partial charge in [-0.3, -0.25) is 4.79 Å². The van der Waals surface area contributed by atoms with Crippen LogP contribution in [0.2, 0.25) is 0 Å². The van der Waals surface area contributed by atoms with E-state index in [2.05, 4.69) is 10.2 Å². The summed E-state index contributed by atoms with van der Waals surface area (Å²) in [4.78, 5) is 22.4. The van der Waals surface area contributed by atoms with Crippen molar-refractivity contribution in [3.05, 3.63) is 102 Å². The van der Waals surface area contributed by atoms with E-state index in [1.54, 1.807) is 62.8 Å². The van der Waals surface area contributed by atoms with Crippen LogP contribution in [-0.2, 0) is 23.1 Å². The molecular formula is C39H44F3N5O6S. The molecule has 54 heavy (non-hydrogen) atoms. The van der Waals surface area contributed by atoms with Gasteiger partial charge in [0.15, 0.2) is 6.61 Å². The van der Waals surface area contributed by atoms with E-state index in [0.717, 1.165) is 30.5 Å². The van der Waals surface area contributed by atoms with Gasteiger partial charge in [0.1, 0.15) is 28.3 Å². The lowest BCUT2D eigenvalue weighted by Crippen LogP contribution is -2.58. The molecule has 3 aromatic carbocycles. The number of likely N-dealkylation sites (tertiary alicyclic amines) is 1. The highest BCUT2D eigenvalue weighted by Crippen LogP contribution is 2.32. The summed E-state index contributed by atoms with van der Waals surface area (Å²) in [5, 5.41) is 2.37. The quantitative estimate of drug-likeness (QED) is 0.171. The molecule has 0 radical (unpaired) electrons. The van der Waals surface area contributed by atoms with Crippen LogP contribution >= 0.6 is 0 Å². The van der Waals surface area contributed by atoms with Crippen LogP contribution in [0.3, 0.4) is 0 Å². The Hall–Kier alpha value is -4.86. The Balaban J connectivity index is 1.24. The third-order valence-electron chi connectivity index (χ3n) is 9.58. The zero-order valence-corrected chi connectivity index (χ0v) is 31.2. The number of ether oxygens (including phenoxy) is 3. The summed E-state index contributed by atoms with van der Waals surface area (Å²) < 4.78 is 83.6. The van der Waals surface area contributed by atoms with Crippen molar-refractivity contribution < 1.29 is 40.6 Å². The van der Waals surface area contributed by atoms with Gasteiger partial charge in [0, 0.05) is 49.9 Å². The smallest absolute Gasteiger partial charge is 0.422 e. The summed E-state index contributed by atoms with van der Waals surface area (Å²) in [5.74, 6) is 1.49. The van der Waals surface area contributed by atoms with E-state index in [9.17, 15) is 26.4 Å². The first-order chi connectivity index (χ1) is 25.8. The fourth-order valence-electron chi connectivity index (χ4n) is 6.53. The molecule has 3 heterocycles. The van der Waals surface area contributed by atoms with Gasteiger partial charge in [0.05, 0.1) is 19.9 Å². The number of alkyl halides is 3. The predicted octanol–water partition coefficient (Wildman–Crippen LogP) is 5.75. The van der Waals surface area contributed by atoms with Crippen molar-refractivity contribution in [2.75, 3.05) is 59.0 Å². The number of nitrogens with zero attached hydrogens (tertiary/aromatic N) is 4. The first-order valence-electron chi connectivity index (χ1n) is 17.6. The van der Waals surface area contributed by atoms with E-state index in [0.29, 0.717) is 40.7 Å². The summed E-state index contributed by atoms with van der Waals surface area (Å²) in [6.07, 6.45) is -2.68. The number of carbonyl (C=O) groups excluding carboxylic acids is 1. The number of halogens is 3. The number of amides is 1. The maximum atomic E-state index is 14.3.